The largest absolute Gasteiger partial charge is 0.508 e. The van der Waals surface area contributed by atoms with Crippen molar-refractivity contribution in [3.8, 4) is 5.75 Å². The molecule has 2 unspecified atom stereocenters. The molecule has 29 heavy (non-hydrogen) atoms. The van der Waals surface area contributed by atoms with Crippen LogP contribution in [0.4, 0.5) is 0 Å². The van der Waals surface area contributed by atoms with E-state index in [1.807, 2.05) is 12.1 Å². The van der Waals surface area contributed by atoms with Crippen LogP contribution in [-0.4, -0.2) is 5.11 Å². The van der Waals surface area contributed by atoms with Crippen LogP contribution in [0.3, 0.4) is 0 Å². The molecule has 4 aliphatic carbocycles. The highest BCUT2D eigenvalue weighted by Crippen LogP contribution is 2.70. The van der Waals surface area contributed by atoms with E-state index in [1.165, 1.54) is 55.2 Å². The van der Waals surface area contributed by atoms with Crippen molar-refractivity contribution in [3.05, 3.63) is 102 Å². The fourth-order valence-corrected chi connectivity index (χ4v) is 7.80. The molecule has 3 aromatic carbocycles. The van der Waals surface area contributed by atoms with E-state index in [0.717, 1.165) is 5.92 Å². The topological polar surface area (TPSA) is 20.2 Å². The fraction of sp³-hybridized carbons (Fsp3) is 0.357. The lowest BCUT2D eigenvalue weighted by Crippen LogP contribution is -2.61. The number of rotatable bonds is 3. The van der Waals surface area contributed by atoms with Gasteiger partial charge in [0.05, 0.1) is 0 Å². The van der Waals surface area contributed by atoms with Gasteiger partial charge in [-0.1, -0.05) is 72.8 Å². The number of benzene rings is 3. The lowest BCUT2D eigenvalue weighted by Gasteiger charge is -2.67. The Morgan fingerprint density at radius 3 is 1.31 bits per heavy atom. The van der Waals surface area contributed by atoms with Crippen molar-refractivity contribution in [1.29, 1.82) is 0 Å². The smallest absolute Gasteiger partial charge is 0.115 e. The summed E-state index contributed by atoms with van der Waals surface area (Å²) in [5.74, 6) is 1.13. The Kier molecular flexibility index (Phi) is 3.57. The summed E-state index contributed by atoms with van der Waals surface area (Å²) in [5.41, 5.74) is 5.22. The summed E-state index contributed by atoms with van der Waals surface area (Å²) in [6.45, 7) is 0. The molecule has 0 saturated heterocycles. The molecule has 0 amide bonds. The maximum absolute atomic E-state index is 9.90. The van der Waals surface area contributed by atoms with Gasteiger partial charge in [0.1, 0.15) is 5.75 Å². The zero-order valence-corrected chi connectivity index (χ0v) is 16.9. The molecule has 4 bridgehead atoms. The van der Waals surface area contributed by atoms with Gasteiger partial charge in [0.25, 0.3) is 0 Å². The summed E-state index contributed by atoms with van der Waals surface area (Å²) in [7, 11) is 0. The Labute approximate surface area is 173 Å². The first-order valence-corrected chi connectivity index (χ1v) is 11.0. The van der Waals surface area contributed by atoms with E-state index in [-0.39, 0.29) is 16.2 Å². The van der Waals surface area contributed by atoms with E-state index >= 15 is 0 Å². The number of aromatic hydroxyl groups is 1. The lowest BCUT2D eigenvalue weighted by molar-refractivity contribution is -0.0493. The molecule has 0 aromatic heterocycles. The minimum atomic E-state index is 0.207. The summed E-state index contributed by atoms with van der Waals surface area (Å²) in [6.07, 6.45) is 7.68. The van der Waals surface area contributed by atoms with E-state index in [0.29, 0.717) is 5.75 Å². The van der Waals surface area contributed by atoms with E-state index in [1.54, 1.807) is 0 Å². The van der Waals surface area contributed by atoms with Gasteiger partial charge in [-0.2, -0.15) is 0 Å². The van der Waals surface area contributed by atoms with Gasteiger partial charge in [0, 0.05) is 0 Å². The van der Waals surface area contributed by atoms with Crippen LogP contribution >= 0.6 is 0 Å². The summed E-state index contributed by atoms with van der Waals surface area (Å²) >= 11 is 0. The Morgan fingerprint density at radius 2 is 0.897 bits per heavy atom. The molecule has 4 saturated carbocycles. The zero-order valence-electron chi connectivity index (χ0n) is 16.9. The first kappa shape index (κ1) is 17.3. The molecule has 3 aromatic rings. The van der Waals surface area contributed by atoms with Crippen LogP contribution in [0.2, 0.25) is 0 Å². The first-order valence-electron chi connectivity index (χ1n) is 11.0. The summed E-state index contributed by atoms with van der Waals surface area (Å²) < 4.78 is 0. The molecular formula is C28H28O. The van der Waals surface area contributed by atoms with E-state index in [4.69, 9.17) is 0 Å². The number of hydrogen-bond acceptors (Lipinski definition) is 1. The van der Waals surface area contributed by atoms with Crippen molar-refractivity contribution < 1.29 is 5.11 Å². The number of phenolic OH excluding ortho intramolecular Hbond substituents is 1. The summed E-state index contributed by atoms with van der Waals surface area (Å²) in [5, 5.41) is 9.90. The molecule has 4 fully saturated rings. The third-order valence-electron chi connectivity index (χ3n) is 8.32. The van der Waals surface area contributed by atoms with Crippen LogP contribution in [-0.2, 0) is 16.2 Å². The number of hydrogen-bond donors (Lipinski definition) is 1. The SMILES string of the molecule is Oc1ccc(C23CC4CC(c5ccccc5)(CC(c5ccccc5)(C4)C2)C3)cc1. The Morgan fingerprint density at radius 1 is 0.517 bits per heavy atom. The Balaban J connectivity index is 1.55. The molecule has 4 aliphatic rings. The molecule has 1 nitrogen and oxygen atoms in total. The second-order valence-electron chi connectivity index (χ2n) is 10.1. The van der Waals surface area contributed by atoms with Gasteiger partial charge in [0.15, 0.2) is 0 Å². The Bertz CT molecular complexity index is 965. The zero-order chi connectivity index (χ0) is 19.5. The highest BCUT2D eigenvalue weighted by atomic mass is 16.3. The molecular weight excluding hydrogens is 352 g/mol. The van der Waals surface area contributed by atoms with Crippen molar-refractivity contribution in [2.24, 2.45) is 5.92 Å². The van der Waals surface area contributed by atoms with Gasteiger partial charge in [-0.15, -0.1) is 0 Å². The first-order chi connectivity index (χ1) is 14.1. The average Bonchev–Trinajstić information content (AvgIpc) is 2.75. The standard InChI is InChI=1S/C28H28O/c29-25-13-11-24(12-14-25)28-17-21-15-26(19-28,22-7-3-1-4-8-22)18-27(16-21,20-28)23-9-5-2-6-10-23/h1-14,21,29H,15-20H2. The molecule has 7 rings (SSSR count). The van der Waals surface area contributed by atoms with Crippen molar-refractivity contribution in [2.45, 2.75) is 54.8 Å². The van der Waals surface area contributed by atoms with E-state index in [9.17, 15) is 5.11 Å². The Hall–Kier alpha value is -2.54. The predicted octanol–water partition coefficient (Wildman–Crippen LogP) is 6.50. The minimum Gasteiger partial charge on any atom is -0.508 e. The molecule has 0 heterocycles. The van der Waals surface area contributed by atoms with Gasteiger partial charge in [0.2, 0.25) is 0 Å². The molecule has 1 heteroatoms. The third-order valence-corrected chi connectivity index (χ3v) is 8.32. The van der Waals surface area contributed by atoms with E-state index in [2.05, 4.69) is 72.8 Å². The highest BCUT2D eigenvalue weighted by molar-refractivity contribution is 5.44. The second kappa shape index (κ2) is 5.98. The second-order valence-corrected chi connectivity index (χ2v) is 10.1. The molecule has 0 aliphatic heterocycles. The maximum atomic E-state index is 9.90. The fourth-order valence-electron chi connectivity index (χ4n) is 7.80. The van der Waals surface area contributed by atoms with Gasteiger partial charge in [-0.3, -0.25) is 0 Å². The van der Waals surface area contributed by atoms with Crippen molar-refractivity contribution in [3.63, 3.8) is 0 Å². The van der Waals surface area contributed by atoms with Gasteiger partial charge >= 0.3 is 0 Å². The molecule has 1 N–H and O–H groups in total. The minimum absolute atomic E-state index is 0.207. The predicted molar refractivity (Wildman–Crippen MR) is 117 cm³/mol. The number of phenols is 1. The molecule has 0 spiro atoms. The molecule has 0 radical (unpaired) electrons. The highest BCUT2D eigenvalue weighted by Gasteiger charge is 2.64. The quantitative estimate of drug-likeness (QED) is 0.549. The lowest BCUT2D eigenvalue weighted by atomic mass is 9.36. The van der Waals surface area contributed by atoms with Crippen LogP contribution in [0.1, 0.15) is 55.2 Å². The average molecular weight is 381 g/mol. The third kappa shape index (κ3) is 2.53. The summed E-state index contributed by atoms with van der Waals surface area (Å²) in [6, 6.07) is 30.8. The van der Waals surface area contributed by atoms with Crippen LogP contribution in [0, 0.1) is 5.92 Å². The van der Waals surface area contributed by atoms with Gasteiger partial charge in [-0.05, 0) is 89.5 Å². The maximum Gasteiger partial charge on any atom is 0.115 e. The van der Waals surface area contributed by atoms with Crippen molar-refractivity contribution in [1.82, 2.24) is 0 Å². The van der Waals surface area contributed by atoms with Gasteiger partial charge in [-0.25, -0.2) is 0 Å². The van der Waals surface area contributed by atoms with Gasteiger partial charge < -0.3 is 5.11 Å². The van der Waals surface area contributed by atoms with Crippen LogP contribution in [0.5, 0.6) is 5.75 Å². The van der Waals surface area contributed by atoms with Crippen molar-refractivity contribution in [2.75, 3.05) is 0 Å². The van der Waals surface area contributed by atoms with Crippen LogP contribution in [0.25, 0.3) is 0 Å². The van der Waals surface area contributed by atoms with Crippen LogP contribution in [0.15, 0.2) is 84.9 Å². The van der Waals surface area contributed by atoms with Crippen LogP contribution < -0.4 is 0 Å². The normalized spacial score (nSPS) is 35.0. The molecule has 2 atom stereocenters. The monoisotopic (exact) mass is 380 g/mol. The van der Waals surface area contributed by atoms with Crippen molar-refractivity contribution >= 4 is 0 Å². The van der Waals surface area contributed by atoms with E-state index < -0.39 is 0 Å². The molecule has 146 valence electrons. The summed E-state index contributed by atoms with van der Waals surface area (Å²) in [4.78, 5) is 0.